The summed E-state index contributed by atoms with van der Waals surface area (Å²) in [4.78, 5) is 37.1. The molecule has 3 N–H and O–H groups in total. The van der Waals surface area contributed by atoms with Crippen LogP contribution >= 0.6 is 0 Å². The Kier molecular flexibility index (Phi) is 8.80. The summed E-state index contributed by atoms with van der Waals surface area (Å²) in [6.45, 7) is -0.212. The van der Waals surface area contributed by atoms with Crippen LogP contribution in [0.15, 0.2) is 77.7 Å². The normalized spacial score (nSPS) is 20.3. The van der Waals surface area contributed by atoms with E-state index in [1.54, 1.807) is 12.1 Å². The molecule has 0 aromatic heterocycles. The third-order valence-corrected chi connectivity index (χ3v) is 9.33. The van der Waals surface area contributed by atoms with Gasteiger partial charge in [-0.1, -0.05) is 30.4 Å². The van der Waals surface area contributed by atoms with Gasteiger partial charge in [-0.3, -0.25) is 9.59 Å². The van der Waals surface area contributed by atoms with Crippen molar-refractivity contribution in [2.45, 2.75) is 29.5 Å². The van der Waals surface area contributed by atoms with Crippen LogP contribution in [0, 0.1) is 23.6 Å². The summed E-state index contributed by atoms with van der Waals surface area (Å²) in [7, 11) is -4.42. The first-order chi connectivity index (χ1) is 21.7. The lowest BCUT2D eigenvalue weighted by molar-refractivity contribution is -0.121. The van der Waals surface area contributed by atoms with E-state index in [0.717, 1.165) is 24.3 Å². The number of fused-ring (bicyclic) bond motifs is 2. The van der Waals surface area contributed by atoms with Crippen molar-refractivity contribution in [1.29, 1.82) is 0 Å². The minimum Gasteiger partial charge on any atom is -0.496 e. The van der Waals surface area contributed by atoms with Crippen molar-refractivity contribution in [1.82, 2.24) is 5.32 Å². The number of amides is 2. The number of ether oxygens (including phenoxy) is 2. The summed E-state index contributed by atoms with van der Waals surface area (Å²) < 4.78 is 88.5. The van der Waals surface area contributed by atoms with E-state index in [9.17, 15) is 45.5 Å². The zero-order valence-corrected chi connectivity index (χ0v) is 24.7. The molecule has 4 atom stereocenters. The zero-order chi connectivity index (χ0) is 33.4. The number of aromatic carboxylic acids is 1. The highest BCUT2D eigenvalue weighted by atomic mass is 32.2. The number of anilines is 1. The van der Waals surface area contributed by atoms with E-state index in [2.05, 4.69) is 10.6 Å². The number of carboxylic acids is 1. The van der Waals surface area contributed by atoms with E-state index in [-0.39, 0.29) is 46.8 Å². The maximum absolute atomic E-state index is 14.9. The fraction of sp³-hybridized carbons (Fsp3) is 0.258. The van der Waals surface area contributed by atoms with Gasteiger partial charge < -0.3 is 25.2 Å². The number of carbonyl (C=O) groups excluding carboxylic acids is 2. The Bertz CT molecular complexity index is 1840. The molecule has 1 fully saturated rings. The molecular weight excluding hydrogens is 636 g/mol. The number of carbonyl (C=O) groups is 3. The van der Waals surface area contributed by atoms with Gasteiger partial charge in [-0.25, -0.2) is 17.6 Å². The van der Waals surface area contributed by atoms with E-state index in [1.807, 2.05) is 6.08 Å². The van der Waals surface area contributed by atoms with Gasteiger partial charge in [-0.2, -0.15) is 13.2 Å². The Morgan fingerprint density at radius 2 is 1.70 bits per heavy atom. The fourth-order valence-electron chi connectivity index (χ4n) is 5.65. The molecule has 1 saturated carbocycles. The Morgan fingerprint density at radius 1 is 0.978 bits per heavy atom. The van der Waals surface area contributed by atoms with E-state index < -0.39 is 55.8 Å². The molecule has 0 radical (unpaired) electrons. The van der Waals surface area contributed by atoms with E-state index in [1.165, 1.54) is 31.4 Å². The maximum Gasteiger partial charge on any atom is 0.501 e. The monoisotopic (exact) mass is 662 g/mol. The molecular formula is C31H26F4N2O8S. The van der Waals surface area contributed by atoms with E-state index >= 15 is 0 Å². The van der Waals surface area contributed by atoms with Crippen molar-refractivity contribution in [3.8, 4) is 11.5 Å². The molecule has 0 heterocycles. The number of hydrogen-bond acceptors (Lipinski definition) is 7. The number of hydrogen-bond donors (Lipinski definition) is 3. The Morgan fingerprint density at radius 3 is 2.39 bits per heavy atom. The third-order valence-electron chi connectivity index (χ3n) is 7.84. The molecule has 0 saturated heterocycles. The zero-order valence-electron chi connectivity index (χ0n) is 23.9. The van der Waals surface area contributed by atoms with Crippen LogP contribution in [0.5, 0.6) is 11.5 Å². The Balaban J connectivity index is 1.34. The van der Waals surface area contributed by atoms with Gasteiger partial charge in [0, 0.05) is 17.8 Å². The van der Waals surface area contributed by atoms with Gasteiger partial charge >= 0.3 is 11.5 Å². The van der Waals surface area contributed by atoms with Crippen LogP contribution in [0.3, 0.4) is 0 Å². The van der Waals surface area contributed by atoms with Gasteiger partial charge in [0.1, 0.15) is 12.4 Å². The first-order valence-electron chi connectivity index (χ1n) is 13.7. The molecule has 2 aliphatic rings. The van der Waals surface area contributed by atoms with Crippen LogP contribution in [-0.4, -0.2) is 50.0 Å². The molecule has 0 unspecified atom stereocenters. The molecule has 15 heteroatoms. The lowest BCUT2D eigenvalue weighted by Crippen LogP contribution is -2.47. The number of nitrogens with one attached hydrogen (secondary N) is 2. The average Bonchev–Trinajstić information content (AvgIpc) is 3.62. The molecule has 242 valence electrons. The summed E-state index contributed by atoms with van der Waals surface area (Å²) in [5.74, 6) is -5.29. The number of halogens is 4. The van der Waals surface area contributed by atoms with Crippen molar-refractivity contribution < 1.29 is 54.9 Å². The van der Waals surface area contributed by atoms with Crippen molar-refractivity contribution in [2.75, 3.05) is 12.4 Å². The minimum absolute atomic E-state index is 0.00826. The number of benzene rings is 3. The van der Waals surface area contributed by atoms with Crippen LogP contribution in [-0.2, 0) is 21.2 Å². The lowest BCUT2D eigenvalue weighted by atomic mass is 9.87. The number of allylic oxidation sites excluding steroid dienone is 1. The third kappa shape index (κ3) is 6.40. The second-order valence-corrected chi connectivity index (χ2v) is 12.7. The topological polar surface area (TPSA) is 148 Å². The second kappa shape index (κ2) is 12.5. The number of rotatable bonds is 10. The molecule has 2 amide bonds. The molecule has 46 heavy (non-hydrogen) atoms. The standard InChI is InChI=1S/C31H26F4N2O8S/c1-44-24-14-23(32)25(45-15-16-4-2-5-19(10-16)30(40)41)13-22(24)28(38)37-27-18-9-8-17(11-18)26(27)29(39)36-20-6-3-7-21(12-20)46(42,43)31(33,34)35/h2-10,12-14,17-18,26-27H,11,15H2,1H3,(H,36,39)(H,37,38)(H,40,41)/t17-,18+,26+,27-/m0/s1. The first kappa shape index (κ1) is 32.5. The SMILES string of the molecule is COc1cc(F)c(OCc2cccc(C(=O)O)c2)cc1C(=O)N[C@@H]1[C@H](C(=O)Nc2cccc(S(=O)(=O)C(F)(F)F)c2)[C@H]2C=C[C@@H]1C2. The number of methoxy groups -OCH3 is 1. The van der Waals surface area contributed by atoms with Crippen LogP contribution in [0.1, 0.15) is 32.7 Å². The summed E-state index contributed by atoms with van der Waals surface area (Å²) in [6, 6.07) is 10.9. The van der Waals surface area contributed by atoms with Gasteiger partial charge in [0.25, 0.3) is 15.7 Å². The maximum atomic E-state index is 14.9. The van der Waals surface area contributed by atoms with Crippen LogP contribution in [0.2, 0.25) is 0 Å². The van der Waals surface area contributed by atoms with Crippen molar-refractivity contribution in [3.05, 3.63) is 95.3 Å². The van der Waals surface area contributed by atoms with Gasteiger partial charge in [-0.15, -0.1) is 0 Å². The molecule has 3 aromatic rings. The smallest absolute Gasteiger partial charge is 0.496 e. The average molecular weight is 663 g/mol. The molecule has 0 aliphatic heterocycles. The predicted molar refractivity (Wildman–Crippen MR) is 154 cm³/mol. The highest BCUT2D eigenvalue weighted by molar-refractivity contribution is 7.92. The lowest BCUT2D eigenvalue weighted by Gasteiger charge is -2.28. The minimum atomic E-state index is -5.65. The largest absolute Gasteiger partial charge is 0.501 e. The fourth-order valence-corrected chi connectivity index (χ4v) is 6.46. The molecule has 2 bridgehead atoms. The molecule has 10 nitrogen and oxygen atoms in total. The summed E-state index contributed by atoms with van der Waals surface area (Å²) in [6.07, 6.45) is 4.12. The highest BCUT2D eigenvalue weighted by Gasteiger charge is 2.49. The van der Waals surface area contributed by atoms with Crippen molar-refractivity contribution >= 4 is 33.3 Å². The molecule has 2 aliphatic carbocycles. The van der Waals surface area contributed by atoms with Gasteiger partial charge in [-0.05, 0) is 60.2 Å². The number of carboxylic acid groups (broad SMARTS) is 1. The Labute approximate surface area is 259 Å². The number of alkyl halides is 3. The van der Waals surface area contributed by atoms with Crippen LogP contribution in [0.25, 0.3) is 0 Å². The number of sulfone groups is 1. The van der Waals surface area contributed by atoms with Crippen LogP contribution < -0.4 is 20.1 Å². The molecule has 5 rings (SSSR count). The van der Waals surface area contributed by atoms with Gasteiger partial charge in [0.2, 0.25) is 5.91 Å². The van der Waals surface area contributed by atoms with Crippen molar-refractivity contribution in [2.24, 2.45) is 17.8 Å². The summed E-state index contributed by atoms with van der Waals surface area (Å²) in [5, 5.41) is 14.5. The highest BCUT2D eigenvalue weighted by Crippen LogP contribution is 2.45. The molecule has 0 spiro atoms. The predicted octanol–water partition coefficient (Wildman–Crippen LogP) is 4.96. The molecule has 3 aromatic carbocycles. The van der Waals surface area contributed by atoms with E-state index in [4.69, 9.17) is 9.47 Å². The van der Waals surface area contributed by atoms with Crippen LogP contribution in [0.4, 0.5) is 23.2 Å². The van der Waals surface area contributed by atoms with Gasteiger partial charge in [0.15, 0.2) is 11.6 Å². The van der Waals surface area contributed by atoms with Crippen molar-refractivity contribution in [3.63, 3.8) is 0 Å². The quantitative estimate of drug-likeness (QED) is 0.204. The second-order valence-electron chi connectivity index (χ2n) is 10.7. The summed E-state index contributed by atoms with van der Waals surface area (Å²) >= 11 is 0. The van der Waals surface area contributed by atoms with Gasteiger partial charge in [0.05, 0.1) is 29.1 Å². The summed E-state index contributed by atoms with van der Waals surface area (Å²) in [5.41, 5.74) is -5.38. The first-order valence-corrected chi connectivity index (χ1v) is 15.2. The van der Waals surface area contributed by atoms with E-state index in [0.29, 0.717) is 18.1 Å². The Hall–Kier alpha value is -4.92.